The summed E-state index contributed by atoms with van der Waals surface area (Å²) in [4.78, 5) is 5.92. The van der Waals surface area contributed by atoms with E-state index in [-0.39, 0.29) is 0 Å². The maximum absolute atomic E-state index is 4.66. The number of hydrogen-bond acceptors (Lipinski definition) is 2. The molecule has 3 heterocycles. The predicted molar refractivity (Wildman–Crippen MR) is 70.7 cm³/mol. The van der Waals surface area contributed by atoms with Crippen molar-refractivity contribution in [1.29, 1.82) is 0 Å². The van der Waals surface area contributed by atoms with Crippen molar-refractivity contribution in [3.63, 3.8) is 0 Å². The maximum Gasteiger partial charge on any atom is 0.151 e. The Morgan fingerprint density at radius 1 is 1.56 bits per heavy atom. The van der Waals surface area contributed by atoms with E-state index < -0.39 is 0 Å². The van der Waals surface area contributed by atoms with Gasteiger partial charge in [0.1, 0.15) is 4.60 Å². The normalized spacial score (nSPS) is 19.8. The highest BCUT2D eigenvalue weighted by atomic mass is 79.9. The van der Waals surface area contributed by atoms with Crippen LogP contribution in [0.5, 0.6) is 0 Å². The number of imidazole rings is 1. The molecule has 3 rings (SSSR count). The average Bonchev–Trinajstić information content (AvgIpc) is 2.87. The lowest BCUT2D eigenvalue weighted by molar-refractivity contribution is 0.418. The number of nitrogens with zero attached hydrogens (tertiary/aromatic N) is 2. The standard InChI is InChI=1S/C12H13BrN2S/c1-8-4-5-15-9(7-8)11(13)14-12(15)10-3-2-6-16-10/h2-3,6,8H,4-5,7H2,1H3. The van der Waals surface area contributed by atoms with Crippen LogP contribution in [-0.4, -0.2) is 9.55 Å². The molecule has 0 N–H and O–H groups in total. The molecular weight excluding hydrogens is 284 g/mol. The minimum atomic E-state index is 0.775. The molecule has 0 aromatic carbocycles. The second kappa shape index (κ2) is 4.00. The van der Waals surface area contributed by atoms with Gasteiger partial charge in [-0.2, -0.15) is 0 Å². The molecule has 1 aliphatic heterocycles. The lowest BCUT2D eigenvalue weighted by Crippen LogP contribution is -2.17. The first kappa shape index (κ1) is 10.5. The lowest BCUT2D eigenvalue weighted by atomic mass is 9.99. The number of thiophene rings is 1. The molecule has 0 saturated carbocycles. The Morgan fingerprint density at radius 2 is 2.44 bits per heavy atom. The third-order valence-corrected chi connectivity index (χ3v) is 4.65. The summed E-state index contributed by atoms with van der Waals surface area (Å²) in [6, 6.07) is 4.23. The molecule has 16 heavy (non-hydrogen) atoms. The molecule has 0 radical (unpaired) electrons. The molecule has 1 atom stereocenters. The van der Waals surface area contributed by atoms with E-state index >= 15 is 0 Å². The zero-order valence-electron chi connectivity index (χ0n) is 9.11. The van der Waals surface area contributed by atoms with Crippen LogP contribution in [0.3, 0.4) is 0 Å². The molecule has 2 aromatic heterocycles. The SMILES string of the molecule is CC1CCn2c(-c3cccs3)nc(Br)c2C1. The van der Waals surface area contributed by atoms with Crippen LogP contribution in [0.1, 0.15) is 19.0 Å². The van der Waals surface area contributed by atoms with E-state index in [1.165, 1.54) is 17.0 Å². The van der Waals surface area contributed by atoms with Crippen molar-refractivity contribution in [1.82, 2.24) is 9.55 Å². The smallest absolute Gasteiger partial charge is 0.151 e. The largest absolute Gasteiger partial charge is 0.326 e. The van der Waals surface area contributed by atoms with E-state index in [9.17, 15) is 0 Å². The first-order chi connectivity index (χ1) is 7.75. The van der Waals surface area contributed by atoms with Crippen LogP contribution in [0, 0.1) is 5.92 Å². The highest BCUT2D eigenvalue weighted by Crippen LogP contribution is 2.33. The molecule has 2 nitrogen and oxygen atoms in total. The van der Waals surface area contributed by atoms with Gasteiger partial charge in [0, 0.05) is 6.54 Å². The van der Waals surface area contributed by atoms with E-state index in [2.05, 4.69) is 49.9 Å². The molecule has 0 saturated heterocycles. The summed E-state index contributed by atoms with van der Waals surface area (Å²) in [5.74, 6) is 1.90. The molecule has 84 valence electrons. The van der Waals surface area contributed by atoms with Gasteiger partial charge in [0.15, 0.2) is 5.82 Å². The summed E-state index contributed by atoms with van der Waals surface area (Å²) >= 11 is 5.35. The maximum atomic E-state index is 4.66. The fourth-order valence-electron chi connectivity index (χ4n) is 2.27. The summed E-state index contributed by atoms with van der Waals surface area (Å²) in [5, 5.41) is 2.11. The Balaban J connectivity index is 2.12. The van der Waals surface area contributed by atoms with Crippen molar-refractivity contribution in [2.75, 3.05) is 0 Å². The van der Waals surface area contributed by atoms with E-state index in [0.717, 1.165) is 29.3 Å². The number of fused-ring (bicyclic) bond motifs is 1. The third kappa shape index (κ3) is 1.64. The van der Waals surface area contributed by atoms with Gasteiger partial charge in [0.2, 0.25) is 0 Å². The Labute approximate surface area is 107 Å². The summed E-state index contributed by atoms with van der Waals surface area (Å²) in [6.07, 6.45) is 2.40. The van der Waals surface area contributed by atoms with Crippen LogP contribution < -0.4 is 0 Å². The van der Waals surface area contributed by atoms with Crippen molar-refractivity contribution in [2.24, 2.45) is 5.92 Å². The first-order valence-electron chi connectivity index (χ1n) is 5.54. The van der Waals surface area contributed by atoms with Crippen LogP contribution in [0.15, 0.2) is 22.1 Å². The van der Waals surface area contributed by atoms with Gasteiger partial charge in [-0.25, -0.2) is 4.98 Å². The quantitative estimate of drug-likeness (QED) is 0.779. The summed E-state index contributed by atoms with van der Waals surface area (Å²) in [5.41, 5.74) is 1.36. The van der Waals surface area contributed by atoms with Gasteiger partial charge < -0.3 is 4.57 Å². The zero-order chi connectivity index (χ0) is 11.1. The van der Waals surface area contributed by atoms with Crippen molar-refractivity contribution in [2.45, 2.75) is 26.3 Å². The summed E-state index contributed by atoms with van der Waals surface area (Å²) < 4.78 is 3.40. The molecule has 0 aliphatic carbocycles. The fourth-order valence-corrected chi connectivity index (χ4v) is 3.53. The minimum Gasteiger partial charge on any atom is -0.326 e. The molecular formula is C12H13BrN2S. The molecule has 0 bridgehead atoms. The number of hydrogen-bond donors (Lipinski definition) is 0. The van der Waals surface area contributed by atoms with Gasteiger partial charge in [-0.05, 0) is 46.1 Å². The van der Waals surface area contributed by atoms with Gasteiger partial charge in [0.25, 0.3) is 0 Å². The number of aromatic nitrogens is 2. The number of rotatable bonds is 1. The van der Waals surface area contributed by atoms with Crippen LogP contribution in [0.4, 0.5) is 0 Å². The minimum absolute atomic E-state index is 0.775. The van der Waals surface area contributed by atoms with E-state index in [1.807, 2.05) is 0 Å². The Morgan fingerprint density at radius 3 is 3.19 bits per heavy atom. The Kier molecular flexibility index (Phi) is 2.64. The van der Waals surface area contributed by atoms with Crippen molar-refractivity contribution in [3.8, 4) is 10.7 Å². The molecule has 0 spiro atoms. The van der Waals surface area contributed by atoms with Gasteiger partial charge in [0.05, 0.1) is 10.6 Å². The molecule has 1 unspecified atom stereocenters. The summed E-state index contributed by atoms with van der Waals surface area (Å²) in [7, 11) is 0. The number of halogens is 1. The molecule has 4 heteroatoms. The Bertz CT molecular complexity index is 501. The average molecular weight is 297 g/mol. The Hall–Kier alpha value is -0.610. The fraction of sp³-hybridized carbons (Fsp3) is 0.417. The van der Waals surface area contributed by atoms with Crippen molar-refractivity contribution < 1.29 is 0 Å². The van der Waals surface area contributed by atoms with E-state index in [4.69, 9.17) is 0 Å². The van der Waals surface area contributed by atoms with E-state index in [1.54, 1.807) is 11.3 Å². The highest BCUT2D eigenvalue weighted by Gasteiger charge is 2.23. The molecule has 1 aliphatic rings. The van der Waals surface area contributed by atoms with Crippen LogP contribution in [0.25, 0.3) is 10.7 Å². The second-order valence-electron chi connectivity index (χ2n) is 4.40. The van der Waals surface area contributed by atoms with Gasteiger partial charge in [-0.1, -0.05) is 13.0 Å². The molecule has 2 aromatic rings. The van der Waals surface area contributed by atoms with E-state index in [0.29, 0.717) is 0 Å². The van der Waals surface area contributed by atoms with Crippen LogP contribution in [-0.2, 0) is 13.0 Å². The van der Waals surface area contributed by atoms with Gasteiger partial charge in [-0.3, -0.25) is 0 Å². The van der Waals surface area contributed by atoms with Crippen LogP contribution in [0.2, 0.25) is 0 Å². The van der Waals surface area contributed by atoms with Gasteiger partial charge in [-0.15, -0.1) is 11.3 Å². The van der Waals surface area contributed by atoms with Crippen molar-refractivity contribution in [3.05, 3.63) is 27.8 Å². The molecule has 0 amide bonds. The van der Waals surface area contributed by atoms with Crippen LogP contribution >= 0.6 is 27.3 Å². The zero-order valence-corrected chi connectivity index (χ0v) is 11.5. The predicted octanol–water partition coefficient (Wildman–Crippen LogP) is 3.96. The third-order valence-electron chi connectivity index (χ3n) is 3.15. The first-order valence-corrected chi connectivity index (χ1v) is 7.21. The highest BCUT2D eigenvalue weighted by molar-refractivity contribution is 9.10. The van der Waals surface area contributed by atoms with Crippen molar-refractivity contribution >= 4 is 27.3 Å². The van der Waals surface area contributed by atoms with Gasteiger partial charge >= 0.3 is 0 Å². The topological polar surface area (TPSA) is 17.8 Å². The lowest BCUT2D eigenvalue weighted by Gasteiger charge is -2.21. The summed E-state index contributed by atoms with van der Waals surface area (Å²) in [6.45, 7) is 3.41. The molecule has 0 fully saturated rings. The monoisotopic (exact) mass is 296 g/mol. The second-order valence-corrected chi connectivity index (χ2v) is 6.10.